The Labute approximate surface area is 141 Å². The normalized spacial score (nSPS) is 12.1. The molecule has 0 aromatic heterocycles. The SMILES string of the molecule is CCCCCCCCCCCc1cc(C(C)N=O)ccc1OC. The van der Waals surface area contributed by atoms with Crippen LogP contribution >= 0.6 is 0 Å². The summed E-state index contributed by atoms with van der Waals surface area (Å²) < 4.78 is 5.44. The number of rotatable bonds is 13. The van der Waals surface area contributed by atoms with Gasteiger partial charge in [-0.3, -0.25) is 0 Å². The maximum atomic E-state index is 10.7. The minimum atomic E-state index is -0.289. The standard InChI is InChI=1S/C20H33NO2/c1-4-5-6-7-8-9-10-11-12-13-19-16-18(17(2)21-22)14-15-20(19)23-3/h14-17H,4-13H2,1-3H3. The zero-order valence-electron chi connectivity index (χ0n) is 15.1. The molecule has 0 amide bonds. The van der Waals surface area contributed by atoms with Crippen molar-refractivity contribution in [3.63, 3.8) is 0 Å². The monoisotopic (exact) mass is 319 g/mol. The number of methoxy groups -OCH3 is 1. The summed E-state index contributed by atoms with van der Waals surface area (Å²) in [6.45, 7) is 4.09. The smallest absolute Gasteiger partial charge is 0.122 e. The molecule has 0 aliphatic rings. The van der Waals surface area contributed by atoms with Gasteiger partial charge >= 0.3 is 0 Å². The van der Waals surface area contributed by atoms with Gasteiger partial charge < -0.3 is 4.74 Å². The van der Waals surface area contributed by atoms with Gasteiger partial charge in [0.15, 0.2) is 0 Å². The van der Waals surface area contributed by atoms with E-state index in [1.165, 1.54) is 63.4 Å². The maximum absolute atomic E-state index is 10.7. The quantitative estimate of drug-likeness (QED) is 0.303. The Bertz CT molecular complexity index is 445. The van der Waals surface area contributed by atoms with E-state index in [1.807, 2.05) is 19.1 Å². The van der Waals surface area contributed by atoms with E-state index in [0.29, 0.717) is 0 Å². The summed E-state index contributed by atoms with van der Waals surface area (Å²) in [5.74, 6) is 0.923. The van der Waals surface area contributed by atoms with Crippen LogP contribution in [0.2, 0.25) is 0 Å². The Hall–Kier alpha value is -1.38. The highest BCUT2D eigenvalue weighted by atomic mass is 16.5. The summed E-state index contributed by atoms with van der Waals surface area (Å²) >= 11 is 0. The molecule has 3 heteroatoms. The van der Waals surface area contributed by atoms with Crippen LogP contribution in [0.1, 0.15) is 88.8 Å². The Morgan fingerprint density at radius 3 is 2.17 bits per heavy atom. The van der Waals surface area contributed by atoms with E-state index in [9.17, 15) is 4.91 Å². The Balaban J connectivity index is 2.31. The van der Waals surface area contributed by atoms with Gasteiger partial charge in [-0.1, -0.05) is 69.5 Å². The number of aryl methyl sites for hydroxylation is 1. The van der Waals surface area contributed by atoms with Gasteiger partial charge in [-0.15, -0.1) is 0 Å². The summed E-state index contributed by atoms with van der Waals surface area (Å²) in [6.07, 6.45) is 13.0. The first kappa shape index (κ1) is 19.7. The second-order valence-electron chi connectivity index (χ2n) is 6.43. The molecule has 0 bridgehead atoms. The largest absolute Gasteiger partial charge is 0.496 e. The van der Waals surface area contributed by atoms with E-state index in [2.05, 4.69) is 18.2 Å². The van der Waals surface area contributed by atoms with Crippen molar-refractivity contribution in [1.82, 2.24) is 0 Å². The van der Waals surface area contributed by atoms with Crippen LogP contribution in [-0.4, -0.2) is 7.11 Å². The average molecular weight is 319 g/mol. The number of hydrogen-bond donors (Lipinski definition) is 0. The Morgan fingerprint density at radius 1 is 1.00 bits per heavy atom. The van der Waals surface area contributed by atoms with E-state index < -0.39 is 0 Å². The van der Waals surface area contributed by atoms with Crippen LogP contribution in [-0.2, 0) is 6.42 Å². The zero-order valence-corrected chi connectivity index (χ0v) is 15.1. The lowest BCUT2D eigenvalue weighted by atomic mass is 9.99. The van der Waals surface area contributed by atoms with E-state index in [-0.39, 0.29) is 6.04 Å². The Kier molecular flexibility index (Phi) is 10.3. The minimum Gasteiger partial charge on any atom is -0.496 e. The molecule has 0 fully saturated rings. The third kappa shape index (κ3) is 7.62. The highest BCUT2D eigenvalue weighted by molar-refractivity contribution is 5.38. The van der Waals surface area contributed by atoms with Crippen LogP contribution < -0.4 is 4.74 Å². The third-order valence-corrected chi connectivity index (χ3v) is 4.49. The molecule has 0 aliphatic carbocycles. The van der Waals surface area contributed by atoms with Crippen molar-refractivity contribution in [2.75, 3.05) is 7.11 Å². The second kappa shape index (κ2) is 12.1. The minimum absolute atomic E-state index is 0.289. The first-order valence-corrected chi connectivity index (χ1v) is 9.22. The van der Waals surface area contributed by atoms with Crippen LogP contribution in [0.5, 0.6) is 5.75 Å². The molecular formula is C20H33NO2. The molecule has 0 spiro atoms. The predicted octanol–water partition coefficient (Wildman–Crippen LogP) is 6.60. The highest BCUT2D eigenvalue weighted by Crippen LogP contribution is 2.26. The van der Waals surface area contributed by atoms with Crippen LogP contribution in [0.3, 0.4) is 0 Å². The average Bonchev–Trinajstić information content (AvgIpc) is 2.59. The van der Waals surface area contributed by atoms with E-state index in [4.69, 9.17) is 4.74 Å². The van der Waals surface area contributed by atoms with Gasteiger partial charge in [0.25, 0.3) is 0 Å². The fraction of sp³-hybridized carbons (Fsp3) is 0.700. The van der Waals surface area contributed by atoms with Crippen molar-refractivity contribution in [2.45, 2.75) is 84.1 Å². The van der Waals surface area contributed by atoms with Crippen molar-refractivity contribution in [2.24, 2.45) is 5.18 Å². The second-order valence-corrected chi connectivity index (χ2v) is 6.43. The summed E-state index contributed by atoms with van der Waals surface area (Å²) in [5.41, 5.74) is 2.18. The predicted molar refractivity (Wildman–Crippen MR) is 98.1 cm³/mol. The molecule has 0 saturated carbocycles. The molecule has 0 aliphatic heterocycles. The number of unbranched alkanes of at least 4 members (excludes halogenated alkanes) is 8. The highest BCUT2D eigenvalue weighted by Gasteiger charge is 2.09. The molecule has 1 aromatic rings. The van der Waals surface area contributed by atoms with Gasteiger partial charge in [0.2, 0.25) is 0 Å². The lowest BCUT2D eigenvalue weighted by Gasteiger charge is -2.12. The molecule has 23 heavy (non-hydrogen) atoms. The summed E-state index contributed by atoms with van der Waals surface area (Å²) in [7, 11) is 1.70. The van der Waals surface area contributed by atoms with Gasteiger partial charge in [-0.2, -0.15) is 4.91 Å². The fourth-order valence-electron chi connectivity index (χ4n) is 2.94. The molecule has 0 N–H and O–H groups in total. The first-order valence-electron chi connectivity index (χ1n) is 9.22. The molecule has 1 rings (SSSR count). The van der Waals surface area contributed by atoms with Gasteiger partial charge in [-0.05, 0) is 43.0 Å². The molecule has 1 unspecified atom stereocenters. The molecule has 1 aromatic carbocycles. The lowest BCUT2D eigenvalue weighted by molar-refractivity contribution is 0.408. The molecule has 1 atom stereocenters. The van der Waals surface area contributed by atoms with Gasteiger partial charge in [0.1, 0.15) is 11.8 Å². The molecule has 0 heterocycles. The molecule has 3 nitrogen and oxygen atoms in total. The third-order valence-electron chi connectivity index (χ3n) is 4.49. The van der Waals surface area contributed by atoms with Crippen LogP contribution in [0, 0.1) is 4.91 Å². The van der Waals surface area contributed by atoms with Gasteiger partial charge in [-0.25, -0.2) is 0 Å². The van der Waals surface area contributed by atoms with Crippen LogP contribution in [0.15, 0.2) is 23.4 Å². The number of nitrogens with zero attached hydrogens (tertiary/aromatic N) is 1. The summed E-state index contributed by atoms with van der Waals surface area (Å²) in [4.78, 5) is 10.7. The number of nitroso groups, excluding NO2 is 1. The van der Waals surface area contributed by atoms with Crippen molar-refractivity contribution >= 4 is 0 Å². The molecule has 0 saturated heterocycles. The zero-order chi connectivity index (χ0) is 16.9. The first-order chi connectivity index (χ1) is 11.2. The van der Waals surface area contributed by atoms with Crippen molar-refractivity contribution in [3.8, 4) is 5.75 Å². The summed E-state index contributed by atoms with van der Waals surface area (Å²) in [6, 6.07) is 5.68. The van der Waals surface area contributed by atoms with Crippen molar-refractivity contribution < 1.29 is 4.74 Å². The van der Waals surface area contributed by atoms with Crippen LogP contribution in [0.25, 0.3) is 0 Å². The summed E-state index contributed by atoms with van der Waals surface area (Å²) in [5, 5.41) is 3.12. The molecule has 130 valence electrons. The Morgan fingerprint density at radius 2 is 1.61 bits per heavy atom. The van der Waals surface area contributed by atoms with Crippen molar-refractivity contribution in [1.29, 1.82) is 0 Å². The molecule has 0 radical (unpaired) electrons. The van der Waals surface area contributed by atoms with E-state index in [1.54, 1.807) is 7.11 Å². The molecular weight excluding hydrogens is 286 g/mol. The maximum Gasteiger partial charge on any atom is 0.122 e. The van der Waals surface area contributed by atoms with E-state index in [0.717, 1.165) is 17.7 Å². The fourth-order valence-corrected chi connectivity index (χ4v) is 2.94. The number of hydrogen-bond acceptors (Lipinski definition) is 3. The van der Waals surface area contributed by atoms with Crippen molar-refractivity contribution in [3.05, 3.63) is 34.2 Å². The number of ether oxygens (including phenoxy) is 1. The van der Waals surface area contributed by atoms with Gasteiger partial charge in [0, 0.05) is 0 Å². The lowest BCUT2D eigenvalue weighted by Crippen LogP contribution is -1.97. The van der Waals surface area contributed by atoms with Gasteiger partial charge in [0.05, 0.1) is 7.11 Å². The van der Waals surface area contributed by atoms with E-state index >= 15 is 0 Å². The topological polar surface area (TPSA) is 38.7 Å². The van der Waals surface area contributed by atoms with Crippen LogP contribution in [0.4, 0.5) is 0 Å². The number of benzene rings is 1.